The van der Waals surface area contributed by atoms with Gasteiger partial charge in [-0.05, 0) is 212 Å². The Labute approximate surface area is 533 Å². The fourth-order valence-electron chi connectivity index (χ4n) is 16.0. The highest BCUT2D eigenvalue weighted by Crippen LogP contribution is 2.52. The molecule has 0 atom stereocenters. The molecule has 1 heteroatoms. The van der Waals surface area contributed by atoms with Crippen molar-refractivity contribution in [3.8, 4) is 77.9 Å². The molecule has 19 aromatic rings. The highest BCUT2D eigenvalue weighted by molar-refractivity contribution is 6.27. The van der Waals surface area contributed by atoms with Gasteiger partial charge in [-0.15, -0.1) is 0 Å². The van der Waals surface area contributed by atoms with Crippen molar-refractivity contribution in [1.29, 1.82) is 0 Å². The molecule has 0 fully saturated rings. The molecular weight excluding hydrogens is 1110 g/mol. The summed E-state index contributed by atoms with van der Waals surface area (Å²) in [5, 5.41) is 23.3. The van der Waals surface area contributed by atoms with Crippen molar-refractivity contribution in [3.63, 3.8) is 0 Å². The summed E-state index contributed by atoms with van der Waals surface area (Å²) >= 11 is 0. The maximum Gasteiger partial charge on any atom is 0.135 e. The lowest BCUT2D eigenvalue weighted by Gasteiger charge is -2.23. The van der Waals surface area contributed by atoms with Crippen LogP contribution in [0.4, 0.5) is 0 Å². The summed E-state index contributed by atoms with van der Waals surface area (Å²) in [6.07, 6.45) is 0. The Morgan fingerprint density at radius 2 is 0.554 bits per heavy atom. The first kappa shape index (κ1) is 52.3. The van der Waals surface area contributed by atoms with Crippen LogP contribution in [-0.2, 0) is 5.41 Å². The average molecular weight is 1170 g/mol. The van der Waals surface area contributed by atoms with Crippen LogP contribution in [0.2, 0.25) is 0 Å². The summed E-state index contributed by atoms with van der Waals surface area (Å²) in [6.45, 7) is 4.79. The van der Waals surface area contributed by atoms with Gasteiger partial charge in [0.15, 0.2) is 0 Å². The summed E-state index contributed by atoms with van der Waals surface area (Å²) in [5.41, 5.74) is 22.2. The third kappa shape index (κ3) is 7.98. The topological polar surface area (TPSA) is 13.1 Å². The molecule has 0 amide bonds. The number of hydrogen-bond acceptors (Lipinski definition) is 1. The van der Waals surface area contributed by atoms with Crippen LogP contribution in [-0.4, -0.2) is 0 Å². The first-order valence-electron chi connectivity index (χ1n) is 32.1. The molecule has 92 heavy (non-hydrogen) atoms. The zero-order valence-electron chi connectivity index (χ0n) is 50.9. The Morgan fingerprint density at radius 3 is 1.09 bits per heavy atom. The van der Waals surface area contributed by atoms with E-state index in [1.807, 2.05) is 0 Å². The van der Waals surface area contributed by atoms with Gasteiger partial charge in [-0.2, -0.15) is 0 Å². The van der Waals surface area contributed by atoms with E-state index in [2.05, 4.69) is 329 Å². The number of rotatable bonds is 6. The fraction of sp³-hybridized carbons (Fsp3) is 0.0330. The van der Waals surface area contributed by atoms with E-state index in [0.717, 1.165) is 21.9 Å². The van der Waals surface area contributed by atoms with Gasteiger partial charge in [0.05, 0.1) is 0 Å². The van der Waals surface area contributed by atoms with Crippen LogP contribution >= 0.6 is 0 Å². The zero-order valence-corrected chi connectivity index (χ0v) is 50.9. The minimum Gasteiger partial charge on any atom is -0.456 e. The first-order chi connectivity index (χ1) is 45.4. The maximum absolute atomic E-state index is 6.29. The summed E-state index contributed by atoms with van der Waals surface area (Å²) < 4.78 is 6.29. The lowest BCUT2D eigenvalue weighted by Crippen LogP contribution is -2.15. The van der Waals surface area contributed by atoms with Gasteiger partial charge in [0, 0.05) is 16.2 Å². The van der Waals surface area contributed by atoms with Crippen molar-refractivity contribution >= 4 is 108 Å². The van der Waals surface area contributed by atoms with Crippen molar-refractivity contribution in [2.45, 2.75) is 19.3 Å². The molecule has 1 nitrogen and oxygen atoms in total. The number of fused-ring (bicyclic) bond motifs is 8. The quantitative estimate of drug-likeness (QED) is 0.119. The highest BCUT2D eigenvalue weighted by Gasteiger charge is 2.36. The van der Waals surface area contributed by atoms with E-state index in [1.165, 1.54) is 175 Å². The van der Waals surface area contributed by atoms with Crippen LogP contribution in [0, 0.1) is 0 Å². The van der Waals surface area contributed by atoms with Crippen LogP contribution in [0.1, 0.15) is 25.0 Å². The Kier molecular flexibility index (Phi) is 11.5. The molecule has 1 aromatic heterocycles. The van der Waals surface area contributed by atoms with E-state index in [0.29, 0.717) is 0 Å². The van der Waals surface area contributed by atoms with E-state index >= 15 is 0 Å². The second-order valence-corrected chi connectivity index (χ2v) is 25.8. The molecule has 1 aliphatic carbocycles. The van der Waals surface area contributed by atoms with Crippen molar-refractivity contribution in [3.05, 3.63) is 327 Å². The first-order valence-corrected chi connectivity index (χ1v) is 32.1. The zero-order chi connectivity index (χ0) is 60.8. The van der Waals surface area contributed by atoms with Gasteiger partial charge < -0.3 is 4.42 Å². The summed E-state index contributed by atoms with van der Waals surface area (Å²) in [7, 11) is 0. The van der Waals surface area contributed by atoms with E-state index in [4.69, 9.17) is 4.42 Å². The maximum atomic E-state index is 6.29. The Bertz CT molecular complexity index is 6100. The molecule has 0 bridgehead atoms. The molecule has 0 aliphatic heterocycles. The van der Waals surface area contributed by atoms with Crippen LogP contribution < -0.4 is 0 Å². The number of hydrogen-bond donors (Lipinski definition) is 0. The summed E-state index contributed by atoms with van der Waals surface area (Å²) in [6, 6.07) is 116. The standard InChI is InChI=1S/C53H34.C38H24O/c1-53(2)47-29-39(31-9-11-32(12-10-31)41-23-17-37-15-13-33-5-3-7-35-19-27-45(41)51(37)49(33)35)21-25-43(47)44-26-22-40(30-48(44)53)42-24-18-38-16-14-34-6-4-8-36-20-28-46(42)52(38)50(34)36;1-3-11-25(12-4-1)27-19-21-35-33(23-27)34-24-28(20-22-36(34)39-35)38-31-17-9-7-15-29(31)37(26-13-5-2-6-14-26)30-16-8-10-18-32(30)38/h3-30H,1-2H3;1-24H. The molecule has 0 saturated carbocycles. The fourth-order valence-corrected chi connectivity index (χ4v) is 16.0. The van der Waals surface area contributed by atoms with Gasteiger partial charge in [0.2, 0.25) is 0 Å². The second kappa shape index (κ2) is 20.2. The lowest BCUT2D eigenvalue weighted by molar-refractivity contribution is 0.661. The van der Waals surface area contributed by atoms with E-state index in [1.54, 1.807) is 0 Å². The number of furan rings is 1. The average Bonchev–Trinajstić information content (AvgIpc) is 0.922. The van der Waals surface area contributed by atoms with Crippen molar-refractivity contribution in [2.24, 2.45) is 0 Å². The third-order valence-electron chi connectivity index (χ3n) is 20.4. The van der Waals surface area contributed by atoms with Gasteiger partial charge in [-0.1, -0.05) is 293 Å². The third-order valence-corrected chi connectivity index (χ3v) is 20.4. The van der Waals surface area contributed by atoms with Crippen LogP contribution in [0.25, 0.3) is 186 Å². The molecule has 0 radical (unpaired) electrons. The Balaban J connectivity index is 0.000000138. The largest absolute Gasteiger partial charge is 0.456 e. The van der Waals surface area contributed by atoms with Crippen LogP contribution in [0.15, 0.2) is 320 Å². The summed E-state index contributed by atoms with van der Waals surface area (Å²) in [4.78, 5) is 0. The monoisotopic (exact) mass is 1170 g/mol. The van der Waals surface area contributed by atoms with E-state index in [9.17, 15) is 0 Å². The molecule has 20 rings (SSSR count). The minimum absolute atomic E-state index is 0.123. The van der Waals surface area contributed by atoms with E-state index < -0.39 is 0 Å². The Morgan fingerprint density at radius 1 is 0.207 bits per heavy atom. The van der Waals surface area contributed by atoms with Gasteiger partial charge in [-0.25, -0.2) is 0 Å². The molecule has 0 spiro atoms. The van der Waals surface area contributed by atoms with Crippen molar-refractivity contribution < 1.29 is 4.42 Å². The van der Waals surface area contributed by atoms with Crippen LogP contribution in [0.5, 0.6) is 0 Å². The molecule has 0 N–H and O–H groups in total. The normalized spacial score (nSPS) is 12.8. The van der Waals surface area contributed by atoms with Gasteiger partial charge in [-0.3, -0.25) is 0 Å². The molecule has 0 unspecified atom stereocenters. The van der Waals surface area contributed by atoms with Crippen LogP contribution in [0.3, 0.4) is 0 Å². The molecule has 1 aliphatic rings. The van der Waals surface area contributed by atoms with Gasteiger partial charge >= 0.3 is 0 Å². The van der Waals surface area contributed by atoms with Gasteiger partial charge in [0.25, 0.3) is 0 Å². The smallest absolute Gasteiger partial charge is 0.135 e. The molecule has 428 valence electrons. The predicted molar refractivity (Wildman–Crippen MR) is 393 cm³/mol. The van der Waals surface area contributed by atoms with Crippen molar-refractivity contribution in [1.82, 2.24) is 0 Å². The van der Waals surface area contributed by atoms with Gasteiger partial charge in [0.1, 0.15) is 11.2 Å². The Hall–Kier alpha value is -11.6. The minimum atomic E-state index is -0.123. The molecule has 0 saturated heterocycles. The highest BCUT2D eigenvalue weighted by atomic mass is 16.3. The summed E-state index contributed by atoms with van der Waals surface area (Å²) in [5.74, 6) is 0. The van der Waals surface area contributed by atoms with E-state index in [-0.39, 0.29) is 5.41 Å². The number of benzene rings is 18. The SMILES string of the molecule is CC1(C)c2cc(-c3ccc(-c4ccc5ccc6cccc7ccc4c5c67)cc3)ccc2-c2ccc(-c3ccc4ccc5cccc6ccc3c4c56)cc21.c1ccc(-c2ccc3oc4ccc(-c5c6ccccc6c(-c6ccccc6)c6ccccc56)cc4c3c2)cc1. The second-order valence-electron chi connectivity index (χ2n) is 25.8. The molecule has 18 aromatic carbocycles. The van der Waals surface area contributed by atoms with Crippen molar-refractivity contribution in [2.75, 3.05) is 0 Å². The predicted octanol–water partition coefficient (Wildman–Crippen LogP) is 25.7. The molecule has 1 heterocycles. The molecular formula is C91H58O. The lowest BCUT2D eigenvalue weighted by atomic mass is 9.80.